The molecule has 3 aromatic carbocycles. The van der Waals surface area contributed by atoms with Crippen molar-refractivity contribution in [2.75, 3.05) is 36.5 Å². The number of urea groups is 1. The third-order valence-electron chi connectivity index (χ3n) is 8.19. The van der Waals surface area contributed by atoms with Gasteiger partial charge in [0.25, 0.3) is 11.8 Å². The summed E-state index contributed by atoms with van der Waals surface area (Å²) in [6.45, 7) is 1.93. The second-order valence-electron chi connectivity index (χ2n) is 11.1. The Bertz CT molecular complexity index is 1670. The van der Waals surface area contributed by atoms with E-state index in [4.69, 9.17) is 4.74 Å². The SMILES string of the molecule is O=C(NC1CC1)c1cc2c(s1)-c1ccccc1N(C(=O)c1ccc(NC(=O)N3CCOCC3c3ccccc3)cc1)CC2. The van der Waals surface area contributed by atoms with Crippen LogP contribution in [0, 0.1) is 0 Å². The third kappa shape index (κ3) is 5.66. The van der Waals surface area contributed by atoms with Gasteiger partial charge in [-0.05, 0) is 66.8 Å². The van der Waals surface area contributed by atoms with Crippen molar-refractivity contribution in [1.29, 1.82) is 0 Å². The molecule has 7 rings (SSSR count). The van der Waals surface area contributed by atoms with Gasteiger partial charge >= 0.3 is 6.03 Å². The molecule has 2 aliphatic heterocycles. The highest BCUT2D eigenvalue weighted by Gasteiger charge is 2.31. The molecule has 0 radical (unpaired) electrons. The Balaban J connectivity index is 1.07. The van der Waals surface area contributed by atoms with E-state index in [-0.39, 0.29) is 23.9 Å². The molecular formula is C34H32N4O4S. The van der Waals surface area contributed by atoms with Gasteiger partial charge in [0.1, 0.15) is 0 Å². The summed E-state index contributed by atoms with van der Waals surface area (Å²) in [7, 11) is 0. The topological polar surface area (TPSA) is 91.0 Å². The summed E-state index contributed by atoms with van der Waals surface area (Å²) in [5.74, 6) is -0.119. The first-order chi connectivity index (χ1) is 21.0. The summed E-state index contributed by atoms with van der Waals surface area (Å²) < 4.78 is 5.67. The Morgan fingerprint density at radius 3 is 2.44 bits per heavy atom. The van der Waals surface area contributed by atoms with Gasteiger partial charge in [0.15, 0.2) is 0 Å². The summed E-state index contributed by atoms with van der Waals surface area (Å²) in [5, 5.41) is 6.08. The molecular weight excluding hydrogens is 560 g/mol. The number of nitrogens with zero attached hydrogens (tertiary/aromatic N) is 2. The molecule has 0 bridgehead atoms. The molecule has 4 aromatic rings. The summed E-state index contributed by atoms with van der Waals surface area (Å²) in [4.78, 5) is 45.2. The number of carbonyl (C=O) groups excluding carboxylic acids is 3. The lowest BCUT2D eigenvalue weighted by atomic mass is 10.1. The number of morpholine rings is 1. The van der Waals surface area contributed by atoms with Crippen molar-refractivity contribution in [3.63, 3.8) is 0 Å². The molecule has 3 heterocycles. The number of amides is 4. The number of hydrogen-bond donors (Lipinski definition) is 2. The van der Waals surface area contributed by atoms with Crippen LogP contribution >= 0.6 is 11.3 Å². The number of thiophene rings is 1. The zero-order valence-corrected chi connectivity index (χ0v) is 24.4. The highest BCUT2D eigenvalue weighted by molar-refractivity contribution is 7.17. The number of rotatable bonds is 5. The summed E-state index contributed by atoms with van der Waals surface area (Å²) >= 11 is 1.49. The summed E-state index contributed by atoms with van der Waals surface area (Å²) in [5.41, 5.74) is 5.07. The third-order valence-corrected chi connectivity index (χ3v) is 9.40. The van der Waals surface area contributed by atoms with Gasteiger partial charge in [-0.1, -0.05) is 48.5 Å². The number of hydrogen-bond acceptors (Lipinski definition) is 5. The van der Waals surface area contributed by atoms with Gasteiger partial charge in [0.05, 0.1) is 29.8 Å². The molecule has 1 aromatic heterocycles. The molecule has 3 aliphatic rings. The molecule has 4 amide bonds. The molecule has 9 heteroatoms. The predicted molar refractivity (Wildman–Crippen MR) is 168 cm³/mol. The van der Waals surface area contributed by atoms with E-state index in [9.17, 15) is 14.4 Å². The Morgan fingerprint density at radius 1 is 0.884 bits per heavy atom. The molecule has 1 unspecified atom stereocenters. The van der Waals surface area contributed by atoms with E-state index in [2.05, 4.69) is 10.6 Å². The molecule has 1 saturated carbocycles. The van der Waals surface area contributed by atoms with Gasteiger partial charge in [-0.2, -0.15) is 0 Å². The predicted octanol–water partition coefficient (Wildman–Crippen LogP) is 6.12. The Hall–Kier alpha value is -4.47. The lowest BCUT2D eigenvalue weighted by molar-refractivity contribution is 0.0148. The fraction of sp³-hybridized carbons (Fsp3) is 0.265. The average Bonchev–Trinajstić information content (AvgIpc) is 3.79. The monoisotopic (exact) mass is 592 g/mol. The van der Waals surface area contributed by atoms with Crippen molar-refractivity contribution in [3.05, 3.63) is 106 Å². The van der Waals surface area contributed by atoms with Crippen LogP contribution in [0.4, 0.5) is 16.2 Å². The average molecular weight is 593 g/mol. The summed E-state index contributed by atoms with van der Waals surface area (Å²) in [6, 6.07) is 26.8. The zero-order valence-electron chi connectivity index (χ0n) is 23.6. The van der Waals surface area contributed by atoms with Gasteiger partial charge < -0.3 is 25.2 Å². The van der Waals surface area contributed by atoms with E-state index in [1.165, 1.54) is 11.3 Å². The number of para-hydroxylation sites is 1. The molecule has 2 N–H and O–H groups in total. The number of benzene rings is 3. The zero-order chi connectivity index (χ0) is 29.3. The fourth-order valence-corrected chi connectivity index (χ4v) is 6.90. The Labute approximate surface area is 254 Å². The van der Waals surface area contributed by atoms with E-state index in [0.29, 0.717) is 50.0 Å². The number of ether oxygens (including phenoxy) is 1. The van der Waals surface area contributed by atoms with E-state index in [0.717, 1.165) is 45.0 Å². The van der Waals surface area contributed by atoms with Gasteiger partial charge in [-0.15, -0.1) is 11.3 Å². The number of fused-ring (bicyclic) bond motifs is 3. The molecule has 1 aliphatic carbocycles. The first-order valence-electron chi connectivity index (χ1n) is 14.7. The van der Waals surface area contributed by atoms with Crippen LogP contribution in [0.3, 0.4) is 0 Å². The highest BCUT2D eigenvalue weighted by Crippen LogP contribution is 2.42. The van der Waals surface area contributed by atoms with Crippen molar-refractivity contribution in [3.8, 4) is 10.4 Å². The van der Waals surface area contributed by atoms with Crippen molar-refractivity contribution < 1.29 is 19.1 Å². The number of carbonyl (C=O) groups is 3. The second kappa shape index (κ2) is 11.7. The molecule has 1 atom stereocenters. The molecule has 43 heavy (non-hydrogen) atoms. The van der Waals surface area contributed by atoms with Crippen LogP contribution < -0.4 is 15.5 Å². The van der Waals surface area contributed by atoms with Crippen LogP contribution in [-0.2, 0) is 11.2 Å². The van der Waals surface area contributed by atoms with Gasteiger partial charge in [-0.25, -0.2) is 4.79 Å². The van der Waals surface area contributed by atoms with Crippen LogP contribution in [0.25, 0.3) is 10.4 Å². The van der Waals surface area contributed by atoms with E-state index in [1.54, 1.807) is 29.2 Å². The first kappa shape index (κ1) is 27.4. The number of nitrogens with one attached hydrogen (secondary N) is 2. The minimum absolute atomic E-state index is 0.0117. The Morgan fingerprint density at radius 2 is 1.65 bits per heavy atom. The lowest BCUT2D eigenvalue weighted by Gasteiger charge is -2.35. The van der Waals surface area contributed by atoms with Crippen molar-refractivity contribution in [2.24, 2.45) is 0 Å². The van der Waals surface area contributed by atoms with Gasteiger partial charge in [0.2, 0.25) is 0 Å². The lowest BCUT2D eigenvalue weighted by Crippen LogP contribution is -2.45. The minimum atomic E-state index is -0.200. The maximum absolute atomic E-state index is 13.8. The number of anilines is 2. The maximum Gasteiger partial charge on any atom is 0.322 e. The van der Waals surface area contributed by atoms with Gasteiger partial charge in [-0.3, -0.25) is 9.59 Å². The Kier molecular flexibility index (Phi) is 7.42. The second-order valence-corrected chi connectivity index (χ2v) is 12.2. The molecule has 8 nitrogen and oxygen atoms in total. The normalized spacial score (nSPS) is 17.8. The molecule has 2 fully saturated rings. The van der Waals surface area contributed by atoms with Crippen LogP contribution in [-0.4, -0.2) is 55.1 Å². The summed E-state index contributed by atoms with van der Waals surface area (Å²) in [6.07, 6.45) is 2.75. The van der Waals surface area contributed by atoms with Crippen LogP contribution in [0.1, 0.15) is 50.0 Å². The smallest absolute Gasteiger partial charge is 0.322 e. The standard InChI is InChI=1S/C34H32N4O4S/c39-32(35-25-14-15-25)30-20-24-16-17-37(28-9-5-4-8-27(28)31(24)43-30)33(40)23-10-12-26(13-11-23)36-34(41)38-18-19-42-21-29(38)22-6-2-1-3-7-22/h1-13,20,25,29H,14-19,21H2,(H,35,39)(H,36,41). The fourth-order valence-electron chi connectivity index (χ4n) is 5.75. The quantitative estimate of drug-likeness (QED) is 0.292. The minimum Gasteiger partial charge on any atom is -0.377 e. The van der Waals surface area contributed by atoms with E-state index >= 15 is 0 Å². The first-order valence-corrected chi connectivity index (χ1v) is 15.5. The highest BCUT2D eigenvalue weighted by atomic mass is 32.1. The van der Waals surface area contributed by atoms with Crippen LogP contribution in [0.5, 0.6) is 0 Å². The molecule has 0 spiro atoms. The van der Waals surface area contributed by atoms with E-state index < -0.39 is 0 Å². The van der Waals surface area contributed by atoms with Crippen molar-refractivity contribution in [2.45, 2.75) is 31.3 Å². The van der Waals surface area contributed by atoms with Crippen molar-refractivity contribution in [1.82, 2.24) is 10.2 Å². The largest absolute Gasteiger partial charge is 0.377 e. The van der Waals surface area contributed by atoms with Crippen LogP contribution in [0.2, 0.25) is 0 Å². The molecule has 218 valence electrons. The maximum atomic E-state index is 13.8. The van der Waals surface area contributed by atoms with Crippen LogP contribution in [0.15, 0.2) is 84.9 Å². The van der Waals surface area contributed by atoms with Gasteiger partial charge in [0, 0.05) is 40.8 Å². The van der Waals surface area contributed by atoms with Crippen molar-refractivity contribution >= 4 is 40.6 Å². The van der Waals surface area contributed by atoms with E-state index in [1.807, 2.05) is 65.6 Å². The molecule has 1 saturated heterocycles.